The largest absolute Gasteiger partial charge is 0.359 e. The molecule has 0 bridgehead atoms. The van der Waals surface area contributed by atoms with Crippen molar-refractivity contribution in [2.24, 2.45) is 0 Å². The van der Waals surface area contributed by atoms with Gasteiger partial charge in [-0.3, -0.25) is 4.98 Å². The van der Waals surface area contributed by atoms with E-state index >= 15 is 0 Å². The molecule has 4 nitrogen and oxygen atoms in total. The summed E-state index contributed by atoms with van der Waals surface area (Å²) in [6.45, 7) is 0.778. The van der Waals surface area contributed by atoms with Gasteiger partial charge in [0.05, 0.1) is 24.0 Å². The number of fused-ring (bicyclic) bond motifs is 1. The molecule has 0 aliphatic heterocycles. The number of benzene rings is 1. The maximum absolute atomic E-state index is 4.64. The van der Waals surface area contributed by atoms with Gasteiger partial charge in [-0.15, -0.1) is 0 Å². The van der Waals surface area contributed by atoms with Crippen LogP contribution in [-0.2, 0) is 6.54 Å². The number of aromatic nitrogens is 3. The monoisotopic (exact) mass is 320 g/mol. The molecule has 0 aliphatic rings. The van der Waals surface area contributed by atoms with Gasteiger partial charge in [-0.05, 0) is 23.1 Å². The number of hydrogen-bond donors (Lipinski definition) is 1. The number of nitrogens with zero attached hydrogens (tertiary/aromatic N) is 3. The van der Waals surface area contributed by atoms with Crippen LogP contribution in [0.25, 0.3) is 22.3 Å². The van der Waals surface area contributed by atoms with Crippen molar-refractivity contribution in [2.75, 3.05) is 12.4 Å². The van der Waals surface area contributed by atoms with Gasteiger partial charge >= 0.3 is 0 Å². The van der Waals surface area contributed by atoms with Gasteiger partial charge in [0.25, 0.3) is 0 Å². The summed E-state index contributed by atoms with van der Waals surface area (Å²) in [5.41, 5.74) is 5.38. The Kier molecular flexibility index (Phi) is 3.55. The summed E-state index contributed by atoms with van der Waals surface area (Å²) in [4.78, 5) is 9.19. The Morgan fingerprint density at radius 1 is 1.17 bits per heavy atom. The highest BCUT2D eigenvalue weighted by atomic mass is 32.1. The second kappa shape index (κ2) is 5.85. The minimum Gasteiger partial charge on any atom is -0.359 e. The van der Waals surface area contributed by atoms with E-state index in [4.69, 9.17) is 0 Å². The van der Waals surface area contributed by atoms with E-state index in [-0.39, 0.29) is 0 Å². The van der Waals surface area contributed by atoms with E-state index in [1.807, 2.05) is 19.3 Å². The normalized spacial score (nSPS) is 11.0. The molecular weight excluding hydrogens is 304 g/mol. The molecule has 1 aromatic carbocycles. The Morgan fingerprint density at radius 2 is 2.04 bits per heavy atom. The molecule has 5 heteroatoms. The lowest BCUT2D eigenvalue weighted by Gasteiger charge is -2.09. The van der Waals surface area contributed by atoms with E-state index in [9.17, 15) is 0 Å². The van der Waals surface area contributed by atoms with Gasteiger partial charge in [-0.25, -0.2) is 4.98 Å². The first-order valence-electron chi connectivity index (χ1n) is 7.45. The van der Waals surface area contributed by atoms with Crippen molar-refractivity contribution in [1.82, 2.24) is 14.5 Å². The maximum atomic E-state index is 4.64. The van der Waals surface area contributed by atoms with Gasteiger partial charge in [-0.2, -0.15) is 11.3 Å². The minimum atomic E-state index is 0.778. The van der Waals surface area contributed by atoms with E-state index in [0.717, 1.165) is 34.8 Å². The van der Waals surface area contributed by atoms with Crippen LogP contribution in [0.1, 0.15) is 5.56 Å². The Morgan fingerprint density at radius 3 is 2.78 bits per heavy atom. The predicted molar refractivity (Wildman–Crippen MR) is 95.9 cm³/mol. The molecule has 0 spiro atoms. The standard InChI is InChI=1S/C18H16N4S/c1-19-18-21-16-10-20-15(14-7-8-23-12-14)9-17(16)22(18)11-13-5-3-2-4-6-13/h2-10,12H,11H2,1H3,(H,19,21). The third kappa shape index (κ3) is 2.59. The van der Waals surface area contributed by atoms with Gasteiger partial charge in [0.15, 0.2) is 0 Å². The van der Waals surface area contributed by atoms with Gasteiger partial charge in [0.2, 0.25) is 5.95 Å². The van der Waals surface area contributed by atoms with E-state index < -0.39 is 0 Å². The molecule has 3 heterocycles. The zero-order valence-electron chi connectivity index (χ0n) is 12.7. The quantitative estimate of drug-likeness (QED) is 0.611. The van der Waals surface area contributed by atoms with Crippen molar-refractivity contribution in [1.29, 1.82) is 0 Å². The lowest BCUT2D eigenvalue weighted by Crippen LogP contribution is -2.05. The second-order valence-electron chi connectivity index (χ2n) is 5.33. The molecule has 0 amide bonds. The van der Waals surface area contributed by atoms with Crippen molar-refractivity contribution in [3.05, 3.63) is 65.0 Å². The second-order valence-corrected chi connectivity index (χ2v) is 6.11. The number of pyridine rings is 1. The Labute approximate surface area is 138 Å². The molecule has 3 aromatic heterocycles. The molecule has 4 aromatic rings. The van der Waals surface area contributed by atoms with E-state index in [2.05, 4.69) is 67.0 Å². The SMILES string of the molecule is CNc1nc2cnc(-c3ccsc3)cc2n1Cc1ccccc1. The summed E-state index contributed by atoms with van der Waals surface area (Å²) in [5, 5.41) is 7.37. The molecule has 23 heavy (non-hydrogen) atoms. The average molecular weight is 320 g/mol. The highest BCUT2D eigenvalue weighted by molar-refractivity contribution is 7.08. The fraction of sp³-hybridized carbons (Fsp3) is 0.111. The Hall–Kier alpha value is -2.66. The molecule has 0 aliphatic carbocycles. The molecule has 1 N–H and O–H groups in total. The fourth-order valence-electron chi connectivity index (χ4n) is 2.71. The summed E-state index contributed by atoms with van der Waals surface area (Å²) in [6.07, 6.45) is 1.85. The van der Waals surface area contributed by atoms with Gasteiger partial charge < -0.3 is 9.88 Å². The van der Waals surface area contributed by atoms with Crippen LogP contribution >= 0.6 is 11.3 Å². The number of imidazole rings is 1. The minimum absolute atomic E-state index is 0.778. The molecule has 0 fully saturated rings. The van der Waals surface area contributed by atoms with Gasteiger partial charge in [0.1, 0.15) is 5.52 Å². The van der Waals surface area contributed by atoms with Crippen molar-refractivity contribution in [3.8, 4) is 11.3 Å². The fourth-order valence-corrected chi connectivity index (χ4v) is 3.36. The third-order valence-corrected chi connectivity index (χ3v) is 4.54. The molecule has 4 rings (SSSR count). The van der Waals surface area contributed by atoms with E-state index in [1.54, 1.807) is 11.3 Å². The molecular formula is C18H16N4S. The van der Waals surface area contributed by atoms with Crippen LogP contribution in [0.4, 0.5) is 5.95 Å². The number of hydrogen-bond acceptors (Lipinski definition) is 4. The van der Waals surface area contributed by atoms with Crippen LogP contribution < -0.4 is 5.32 Å². The number of rotatable bonds is 4. The van der Waals surface area contributed by atoms with Crippen LogP contribution in [0, 0.1) is 0 Å². The first-order valence-corrected chi connectivity index (χ1v) is 8.40. The van der Waals surface area contributed by atoms with Crippen LogP contribution in [0.15, 0.2) is 59.4 Å². The summed E-state index contributed by atoms with van der Waals surface area (Å²) < 4.78 is 2.20. The summed E-state index contributed by atoms with van der Waals surface area (Å²) in [7, 11) is 1.90. The van der Waals surface area contributed by atoms with Crippen molar-refractivity contribution >= 4 is 28.3 Å². The molecule has 0 saturated heterocycles. The van der Waals surface area contributed by atoms with Crippen LogP contribution in [-0.4, -0.2) is 21.6 Å². The molecule has 0 saturated carbocycles. The van der Waals surface area contributed by atoms with Crippen LogP contribution in [0.3, 0.4) is 0 Å². The molecule has 0 atom stereocenters. The maximum Gasteiger partial charge on any atom is 0.203 e. The number of nitrogens with one attached hydrogen (secondary N) is 1. The van der Waals surface area contributed by atoms with Crippen molar-refractivity contribution in [2.45, 2.75) is 6.54 Å². The third-order valence-electron chi connectivity index (χ3n) is 3.86. The zero-order chi connectivity index (χ0) is 15.6. The van der Waals surface area contributed by atoms with E-state index in [1.165, 1.54) is 5.56 Å². The van der Waals surface area contributed by atoms with Crippen LogP contribution in [0.2, 0.25) is 0 Å². The van der Waals surface area contributed by atoms with E-state index in [0.29, 0.717) is 0 Å². The molecule has 114 valence electrons. The summed E-state index contributed by atoms with van der Waals surface area (Å²) in [6, 6.07) is 14.6. The first kappa shape index (κ1) is 14.0. The average Bonchev–Trinajstić information content (AvgIpc) is 3.24. The zero-order valence-corrected chi connectivity index (χ0v) is 13.5. The topological polar surface area (TPSA) is 42.7 Å². The lowest BCUT2D eigenvalue weighted by atomic mass is 10.2. The van der Waals surface area contributed by atoms with Gasteiger partial charge in [-0.1, -0.05) is 30.3 Å². The summed E-state index contributed by atoms with van der Waals surface area (Å²) >= 11 is 1.68. The smallest absolute Gasteiger partial charge is 0.203 e. The molecule has 0 radical (unpaired) electrons. The first-order chi connectivity index (χ1) is 11.3. The number of thiophene rings is 1. The Balaban J connectivity index is 1.85. The lowest BCUT2D eigenvalue weighted by molar-refractivity contribution is 0.832. The van der Waals surface area contributed by atoms with Crippen molar-refractivity contribution in [3.63, 3.8) is 0 Å². The summed E-state index contributed by atoms with van der Waals surface area (Å²) in [5.74, 6) is 0.855. The number of anilines is 1. The predicted octanol–water partition coefficient (Wildman–Crippen LogP) is 4.25. The van der Waals surface area contributed by atoms with Crippen molar-refractivity contribution < 1.29 is 0 Å². The van der Waals surface area contributed by atoms with Crippen LogP contribution in [0.5, 0.6) is 0 Å². The highest BCUT2D eigenvalue weighted by Gasteiger charge is 2.12. The Bertz CT molecular complexity index is 926. The molecule has 0 unspecified atom stereocenters. The van der Waals surface area contributed by atoms with Gasteiger partial charge in [0, 0.05) is 18.0 Å². The highest BCUT2D eigenvalue weighted by Crippen LogP contribution is 2.26.